The molecule has 0 unspecified atom stereocenters. The predicted molar refractivity (Wildman–Crippen MR) is 117 cm³/mol. The van der Waals surface area contributed by atoms with Crippen molar-refractivity contribution in [1.29, 1.82) is 0 Å². The van der Waals surface area contributed by atoms with E-state index in [9.17, 15) is 19.8 Å². The molecule has 170 valence electrons. The Balaban J connectivity index is 2.44. The standard InChI is InChI=1S/C24H38O6/c1-3-5-7-9-11-13-15-29-23(27)19-17-22(26)20(18-21(19)25)24(28)30-16-14-12-10-8-6-4-2/h17-18,25-26H,3-16H2,1-2H3. The Kier molecular flexibility index (Phi) is 13.4. The van der Waals surface area contributed by atoms with Crippen LogP contribution in [0.5, 0.6) is 11.5 Å². The highest BCUT2D eigenvalue weighted by Crippen LogP contribution is 2.28. The molecule has 0 saturated carbocycles. The van der Waals surface area contributed by atoms with Crippen LogP contribution >= 0.6 is 0 Å². The van der Waals surface area contributed by atoms with E-state index in [0.717, 1.165) is 50.7 Å². The lowest BCUT2D eigenvalue weighted by atomic mass is 10.1. The van der Waals surface area contributed by atoms with Crippen LogP contribution in [-0.4, -0.2) is 35.4 Å². The Labute approximate surface area is 180 Å². The lowest BCUT2D eigenvalue weighted by Gasteiger charge is -2.10. The number of ether oxygens (including phenoxy) is 2. The average Bonchev–Trinajstić information content (AvgIpc) is 2.73. The third kappa shape index (κ3) is 9.99. The number of phenolic OH excluding ortho intramolecular Hbond substituents is 2. The molecule has 0 spiro atoms. The van der Waals surface area contributed by atoms with Crippen LogP contribution in [0.15, 0.2) is 12.1 Å². The fourth-order valence-corrected chi connectivity index (χ4v) is 3.15. The molecule has 0 aromatic heterocycles. The molecule has 0 aliphatic carbocycles. The fourth-order valence-electron chi connectivity index (χ4n) is 3.15. The van der Waals surface area contributed by atoms with Gasteiger partial charge in [-0.05, 0) is 25.0 Å². The molecule has 1 aromatic carbocycles. The third-order valence-corrected chi connectivity index (χ3v) is 5.02. The summed E-state index contributed by atoms with van der Waals surface area (Å²) in [6, 6.07) is 2.11. The minimum absolute atomic E-state index is 0.161. The van der Waals surface area contributed by atoms with Gasteiger partial charge in [-0.1, -0.05) is 78.1 Å². The summed E-state index contributed by atoms with van der Waals surface area (Å²) in [7, 11) is 0. The van der Waals surface area contributed by atoms with Crippen molar-refractivity contribution in [3.63, 3.8) is 0 Å². The number of carbonyl (C=O) groups excluding carboxylic acids is 2. The van der Waals surface area contributed by atoms with Gasteiger partial charge in [0.15, 0.2) is 0 Å². The summed E-state index contributed by atoms with van der Waals surface area (Å²) in [5.41, 5.74) is -0.322. The van der Waals surface area contributed by atoms with E-state index < -0.39 is 23.4 Å². The van der Waals surface area contributed by atoms with Gasteiger partial charge in [0.2, 0.25) is 0 Å². The Hall–Kier alpha value is -2.24. The van der Waals surface area contributed by atoms with E-state index in [-0.39, 0.29) is 24.3 Å². The number of carbonyl (C=O) groups is 2. The number of esters is 2. The first-order chi connectivity index (χ1) is 14.5. The molecule has 0 bridgehead atoms. The van der Waals surface area contributed by atoms with E-state index in [1.807, 2.05) is 0 Å². The molecule has 2 N–H and O–H groups in total. The van der Waals surface area contributed by atoms with Gasteiger partial charge < -0.3 is 19.7 Å². The van der Waals surface area contributed by atoms with Crippen LogP contribution in [0, 0.1) is 0 Å². The zero-order chi connectivity index (χ0) is 22.2. The predicted octanol–water partition coefficient (Wildman–Crippen LogP) is 6.13. The molecule has 30 heavy (non-hydrogen) atoms. The Morgan fingerprint density at radius 2 is 0.967 bits per heavy atom. The van der Waals surface area contributed by atoms with Crippen LogP contribution in [0.1, 0.15) is 112 Å². The van der Waals surface area contributed by atoms with Crippen molar-refractivity contribution in [2.75, 3.05) is 13.2 Å². The van der Waals surface area contributed by atoms with Gasteiger partial charge in [0, 0.05) is 0 Å². The Morgan fingerprint density at radius 1 is 0.633 bits per heavy atom. The number of hydrogen-bond donors (Lipinski definition) is 2. The quantitative estimate of drug-likeness (QED) is 0.189. The summed E-state index contributed by atoms with van der Waals surface area (Å²) in [5, 5.41) is 20.2. The van der Waals surface area contributed by atoms with E-state index in [4.69, 9.17) is 9.47 Å². The number of unbranched alkanes of at least 4 members (excludes halogenated alkanes) is 10. The van der Waals surface area contributed by atoms with E-state index >= 15 is 0 Å². The van der Waals surface area contributed by atoms with Crippen molar-refractivity contribution in [2.24, 2.45) is 0 Å². The first-order valence-electron chi connectivity index (χ1n) is 11.4. The first kappa shape index (κ1) is 25.8. The molecule has 0 amide bonds. The van der Waals surface area contributed by atoms with Crippen molar-refractivity contribution < 1.29 is 29.3 Å². The van der Waals surface area contributed by atoms with Crippen LogP contribution in [0.4, 0.5) is 0 Å². The van der Waals surface area contributed by atoms with Crippen LogP contribution < -0.4 is 0 Å². The highest BCUT2D eigenvalue weighted by molar-refractivity contribution is 5.98. The Bertz CT molecular complexity index is 585. The molecule has 0 aliphatic rings. The lowest BCUT2D eigenvalue weighted by Crippen LogP contribution is -2.10. The molecule has 1 rings (SSSR count). The third-order valence-electron chi connectivity index (χ3n) is 5.02. The maximum Gasteiger partial charge on any atom is 0.342 e. The van der Waals surface area contributed by atoms with Crippen molar-refractivity contribution in [3.8, 4) is 11.5 Å². The van der Waals surface area contributed by atoms with Gasteiger partial charge in [0.25, 0.3) is 0 Å². The second-order valence-corrected chi connectivity index (χ2v) is 7.69. The van der Waals surface area contributed by atoms with E-state index in [0.29, 0.717) is 0 Å². The van der Waals surface area contributed by atoms with Gasteiger partial charge in [-0.15, -0.1) is 0 Å². The zero-order valence-electron chi connectivity index (χ0n) is 18.6. The van der Waals surface area contributed by atoms with Gasteiger partial charge in [-0.2, -0.15) is 0 Å². The summed E-state index contributed by atoms with van der Waals surface area (Å²) < 4.78 is 10.3. The molecule has 0 aliphatic heterocycles. The maximum atomic E-state index is 12.1. The van der Waals surface area contributed by atoms with Crippen molar-refractivity contribution in [2.45, 2.75) is 90.9 Å². The molecule has 0 atom stereocenters. The first-order valence-corrected chi connectivity index (χ1v) is 11.4. The molecule has 0 radical (unpaired) electrons. The number of rotatable bonds is 16. The summed E-state index contributed by atoms with van der Waals surface area (Å²) in [6.07, 6.45) is 12.8. The highest BCUT2D eigenvalue weighted by atomic mass is 16.5. The van der Waals surface area contributed by atoms with Gasteiger partial charge in [-0.25, -0.2) is 9.59 Å². The summed E-state index contributed by atoms with van der Waals surface area (Å²) in [4.78, 5) is 24.3. The molecule has 1 aromatic rings. The number of benzene rings is 1. The molecule has 0 saturated heterocycles. The van der Waals surface area contributed by atoms with Gasteiger partial charge in [0.1, 0.15) is 22.6 Å². The minimum atomic E-state index is -0.719. The number of phenols is 2. The zero-order valence-corrected chi connectivity index (χ0v) is 18.6. The topological polar surface area (TPSA) is 93.1 Å². The van der Waals surface area contributed by atoms with Crippen molar-refractivity contribution in [1.82, 2.24) is 0 Å². The van der Waals surface area contributed by atoms with Crippen LogP contribution in [0.25, 0.3) is 0 Å². The molecular formula is C24H38O6. The largest absolute Gasteiger partial charge is 0.507 e. The summed E-state index contributed by atoms with van der Waals surface area (Å²) in [6.45, 7) is 4.83. The molecule has 0 fully saturated rings. The molecule has 0 heterocycles. The molecular weight excluding hydrogens is 384 g/mol. The Morgan fingerprint density at radius 3 is 1.33 bits per heavy atom. The van der Waals surface area contributed by atoms with Crippen LogP contribution in [0.3, 0.4) is 0 Å². The second kappa shape index (κ2) is 15.6. The van der Waals surface area contributed by atoms with Crippen molar-refractivity contribution >= 4 is 11.9 Å². The highest BCUT2D eigenvalue weighted by Gasteiger charge is 2.20. The SMILES string of the molecule is CCCCCCCCOC(=O)c1cc(O)c(C(=O)OCCCCCCCC)cc1O. The second-order valence-electron chi connectivity index (χ2n) is 7.69. The number of hydrogen-bond acceptors (Lipinski definition) is 6. The lowest BCUT2D eigenvalue weighted by molar-refractivity contribution is 0.0477. The number of aromatic hydroxyl groups is 2. The smallest absolute Gasteiger partial charge is 0.342 e. The van der Waals surface area contributed by atoms with E-state index in [1.54, 1.807) is 0 Å². The van der Waals surface area contributed by atoms with Gasteiger partial charge in [-0.3, -0.25) is 0 Å². The molecule has 6 heteroatoms. The summed E-state index contributed by atoms with van der Waals surface area (Å²) in [5.74, 6) is -2.26. The van der Waals surface area contributed by atoms with Crippen LogP contribution in [-0.2, 0) is 9.47 Å². The molecule has 6 nitrogen and oxygen atoms in total. The van der Waals surface area contributed by atoms with Gasteiger partial charge in [0.05, 0.1) is 13.2 Å². The maximum absolute atomic E-state index is 12.1. The monoisotopic (exact) mass is 422 g/mol. The van der Waals surface area contributed by atoms with E-state index in [2.05, 4.69) is 13.8 Å². The minimum Gasteiger partial charge on any atom is -0.507 e. The fraction of sp³-hybridized carbons (Fsp3) is 0.667. The average molecular weight is 423 g/mol. The van der Waals surface area contributed by atoms with Crippen molar-refractivity contribution in [3.05, 3.63) is 23.3 Å². The van der Waals surface area contributed by atoms with Crippen LogP contribution in [0.2, 0.25) is 0 Å². The normalized spacial score (nSPS) is 10.7. The summed E-state index contributed by atoms with van der Waals surface area (Å²) >= 11 is 0. The van der Waals surface area contributed by atoms with E-state index in [1.165, 1.54) is 38.5 Å². The van der Waals surface area contributed by atoms with Gasteiger partial charge >= 0.3 is 11.9 Å².